The third kappa shape index (κ3) is 4.21. The summed E-state index contributed by atoms with van der Waals surface area (Å²) in [5.74, 6) is 1.20. The molecule has 1 aliphatic rings. The van der Waals surface area contributed by atoms with E-state index in [0.29, 0.717) is 11.8 Å². The zero-order chi connectivity index (χ0) is 15.4. The molecule has 0 radical (unpaired) electrons. The van der Waals surface area contributed by atoms with Gasteiger partial charge in [0, 0.05) is 23.2 Å². The molecule has 0 bridgehead atoms. The first-order chi connectivity index (χ1) is 10.0. The molecule has 4 heteroatoms. The minimum atomic E-state index is 0.229. The summed E-state index contributed by atoms with van der Waals surface area (Å²) in [5.41, 5.74) is 2.57. The van der Waals surface area contributed by atoms with Gasteiger partial charge in [0.05, 0.1) is 12.6 Å². The van der Waals surface area contributed by atoms with E-state index in [1.54, 1.807) is 0 Å². The molecule has 0 amide bonds. The van der Waals surface area contributed by atoms with Crippen molar-refractivity contribution in [3.05, 3.63) is 28.2 Å². The van der Waals surface area contributed by atoms with Crippen LogP contribution in [-0.2, 0) is 6.54 Å². The van der Waals surface area contributed by atoms with Gasteiger partial charge in [-0.2, -0.15) is 0 Å². The molecular weight excluding hydrogens is 328 g/mol. The normalized spacial score (nSPS) is 22.3. The fraction of sp³-hybridized carbons (Fsp3) is 0.647. The molecule has 1 aliphatic heterocycles. The van der Waals surface area contributed by atoms with Gasteiger partial charge in [-0.1, -0.05) is 42.8 Å². The van der Waals surface area contributed by atoms with E-state index in [1.807, 2.05) is 0 Å². The van der Waals surface area contributed by atoms with Crippen LogP contribution in [0.25, 0.3) is 0 Å². The summed E-state index contributed by atoms with van der Waals surface area (Å²) in [6, 6.07) is 6.71. The topological polar surface area (TPSA) is 35.5 Å². The molecule has 21 heavy (non-hydrogen) atoms. The first kappa shape index (κ1) is 16.8. The maximum atomic E-state index is 9.71. The second-order valence-corrected chi connectivity index (χ2v) is 7.42. The first-order valence-electron chi connectivity index (χ1n) is 7.89. The van der Waals surface area contributed by atoms with Crippen molar-refractivity contribution in [2.45, 2.75) is 39.8 Å². The predicted molar refractivity (Wildman–Crippen MR) is 92.7 cm³/mol. The van der Waals surface area contributed by atoms with Gasteiger partial charge >= 0.3 is 0 Å². The van der Waals surface area contributed by atoms with E-state index in [9.17, 15) is 5.11 Å². The van der Waals surface area contributed by atoms with Crippen LogP contribution in [0.15, 0.2) is 22.7 Å². The Balaban J connectivity index is 2.18. The van der Waals surface area contributed by atoms with Crippen molar-refractivity contribution in [3.63, 3.8) is 0 Å². The molecule has 0 aromatic heterocycles. The molecule has 0 spiro atoms. The predicted octanol–water partition coefficient (Wildman–Crippen LogP) is 3.40. The lowest BCUT2D eigenvalue weighted by Crippen LogP contribution is -2.36. The molecule has 1 saturated heterocycles. The van der Waals surface area contributed by atoms with Gasteiger partial charge in [0.2, 0.25) is 0 Å². The highest BCUT2D eigenvalue weighted by Crippen LogP contribution is 2.33. The smallest absolute Gasteiger partial charge is 0.0637 e. The average molecular weight is 355 g/mol. The highest BCUT2D eigenvalue weighted by atomic mass is 79.9. The number of benzene rings is 1. The molecule has 1 aromatic carbocycles. The summed E-state index contributed by atoms with van der Waals surface area (Å²) in [4.78, 5) is 2.38. The molecule has 1 heterocycles. The van der Waals surface area contributed by atoms with Crippen molar-refractivity contribution in [3.8, 4) is 0 Å². The van der Waals surface area contributed by atoms with Crippen molar-refractivity contribution < 1.29 is 5.11 Å². The molecule has 1 aromatic rings. The van der Waals surface area contributed by atoms with Crippen molar-refractivity contribution in [2.24, 2.45) is 11.8 Å². The first-order valence-corrected chi connectivity index (χ1v) is 8.69. The van der Waals surface area contributed by atoms with Gasteiger partial charge in [0.1, 0.15) is 0 Å². The van der Waals surface area contributed by atoms with Crippen LogP contribution in [0.1, 0.15) is 32.8 Å². The zero-order valence-electron chi connectivity index (χ0n) is 13.3. The van der Waals surface area contributed by atoms with E-state index in [-0.39, 0.29) is 12.6 Å². The number of rotatable bonds is 6. The lowest BCUT2D eigenvalue weighted by Gasteiger charge is -2.29. The Hall–Kier alpha value is -0.580. The fourth-order valence-electron chi connectivity index (χ4n) is 3.04. The summed E-state index contributed by atoms with van der Waals surface area (Å²) in [7, 11) is 0. The molecule has 3 nitrogen and oxygen atoms in total. The Bertz CT molecular complexity index is 464. The van der Waals surface area contributed by atoms with Crippen LogP contribution in [0.3, 0.4) is 0 Å². The van der Waals surface area contributed by atoms with Gasteiger partial charge < -0.3 is 15.3 Å². The summed E-state index contributed by atoms with van der Waals surface area (Å²) in [6.07, 6.45) is 1.15. The molecule has 2 unspecified atom stereocenters. The number of nitrogens with one attached hydrogen (secondary N) is 1. The molecule has 2 atom stereocenters. The summed E-state index contributed by atoms with van der Waals surface area (Å²) in [5, 5.41) is 13.2. The minimum absolute atomic E-state index is 0.229. The van der Waals surface area contributed by atoms with E-state index in [2.05, 4.69) is 65.1 Å². The maximum absolute atomic E-state index is 9.71. The maximum Gasteiger partial charge on any atom is 0.0637 e. The van der Waals surface area contributed by atoms with Gasteiger partial charge in [-0.25, -0.2) is 0 Å². The molecule has 118 valence electrons. The zero-order valence-corrected chi connectivity index (χ0v) is 14.9. The molecule has 2 rings (SSSR count). The Morgan fingerprint density at radius 3 is 2.86 bits per heavy atom. The number of hydrogen-bond donors (Lipinski definition) is 2. The van der Waals surface area contributed by atoms with E-state index < -0.39 is 0 Å². The Morgan fingerprint density at radius 1 is 1.43 bits per heavy atom. The second-order valence-electron chi connectivity index (χ2n) is 6.51. The quantitative estimate of drug-likeness (QED) is 0.821. The number of hydrogen-bond acceptors (Lipinski definition) is 3. The highest BCUT2D eigenvalue weighted by molar-refractivity contribution is 9.10. The molecule has 0 aliphatic carbocycles. The van der Waals surface area contributed by atoms with Crippen LogP contribution in [0.2, 0.25) is 0 Å². The molecule has 0 saturated carbocycles. The monoisotopic (exact) mass is 354 g/mol. The van der Waals surface area contributed by atoms with E-state index in [4.69, 9.17) is 0 Å². The molecular formula is C17H27BrN2O. The van der Waals surface area contributed by atoms with Crippen molar-refractivity contribution >= 4 is 21.6 Å². The van der Waals surface area contributed by atoms with Crippen LogP contribution >= 0.6 is 15.9 Å². The fourth-order valence-corrected chi connectivity index (χ4v) is 3.38. The summed E-state index contributed by atoms with van der Waals surface area (Å²) < 4.78 is 1.10. The standard InChI is InChI=1S/C17H27BrN2O/c1-12(2)9-19-10-14-4-5-15(18)8-16(14)20-7-6-13(3)17(20)11-21/h4-5,8,12-13,17,19,21H,6-7,9-11H2,1-3H3. The van der Waals surface area contributed by atoms with Gasteiger partial charge in [-0.05, 0) is 42.5 Å². The summed E-state index contributed by atoms with van der Waals surface area (Å²) in [6.45, 7) is 9.83. The minimum Gasteiger partial charge on any atom is -0.394 e. The van der Waals surface area contributed by atoms with E-state index >= 15 is 0 Å². The van der Waals surface area contributed by atoms with E-state index in [0.717, 1.165) is 30.5 Å². The van der Waals surface area contributed by atoms with Crippen LogP contribution < -0.4 is 10.2 Å². The Kier molecular flexibility index (Phi) is 6.08. The number of aliphatic hydroxyl groups is 1. The number of aliphatic hydroxyl groups excluding tert-OH is 1. The van der Waals surface area contributed by atoms with Crippen molar-refractivity contribution in [2.75, 3.05) is 24.6 Å². The van der Waals surface area contributed by atoms with Gasteiger partial charge in [0.25, 0.3) is 0 Å². The number of nitrogens with zero attached hydrogens (tertiary/aromatic N) is 1. The Labute approximate surface area is 136 Å². The Morgan fingerprint density at radius 2 is 2.19 bits per heavy atom. The van der Waals surface area contributed by atoms with Crippen molar-refractivity contribution in [1.29, 1.82) is 0 Å². The lowest BCUT2D eigenvalue weighted by atomic mass is 10.0. The lowest BCUT2D eigenvalue weighted by molar-refractivity contribution is 0.244. The van der Waals surface area contributed by atoms with Crippen LogP contribution in [0.4, 0.5) is 5.69 Å². The highest BCUT2D eigenvalue weighted by Gasteiger charge is 2.31. The van der Waals surface area contributed by atoms with Gasteiger partial charge in [-0.3, -0.25) is 0 Å². The summed E-state index contributed by atoms with van der Waals surface area (Å²) >= 11 is 3.58. The van der Waals surface area contributed by atoms with Crippen LogP contribution in [-0.4, -0.2) is 30.8 Å². The second kappa shape index (κ2) is 7.61. The van der Waals surface area contributed by atoms with E-state index in [1.165, 1.54) is 11.3 Å². The third-order valence-electron chi connectivity index (χ3n) is 4.29. The van der Waals surface area contributed by atoms with Crippen molar-refractivity contribution in [1.82, 2.24) is 5.32 Å². The number of anilines is 1. The van der Waals surface area contributed by atoms with Crippen LogP contribution in [0, 0.1) is 11.8 Å². The largest absolute Gasteiger partial charge is 0.394 e. The van der Waals surface area contributed by atoms with Gasteiger partial charge in [0.15, 0.2) is 0 Å². The SMILES string of the molecule is CC(C)CNCc1ccc(Br)cc1N1CCC(C)C1CO. The third-order valence-corrected chi connectivity index (χ3v) is 4.79. The van der Waals surface area contributed by atoms with Crippen LogP contribution in [0.5, 0.6) is 0 Å². The molecule has 1 fully saturated rings. The molecule has 2 N–H and O–H groups in total. The average Bonchev–Trinajstić information content (AvgIpc) is 2.81. The van der Waals surface area contributed by atoms with Gasteiger partial charge in [-0.15, -0.1) is 0 Å². The number of halogens is 1.